The molecule has 0 N–H and O–H groups in total. The molecule has 2 rings (SSSR count). The molecule has 0 aromatic carbocycles. The molecule has 0 unspecified atom stereocenters. The number of pyridine rings is 1. The first kappa shape index (κ1) is 12.0. The monoisotopic (exact) mass is 269 g/mol. The van der Waals surface area contributed by atoms with Crippen LogP contribution >= 0.6 is 0 Å². The Bertz CT molecular complexity index is 540. The van der Waals surface area contributed by atoms with Gasteiger partial charge in [0.25, 0.3) is 0 Å². The first-order valence-corrected chi connectivity index (χ1v) is 5.84. The van der Waals surface area contributed by atoms with Crippen molar-refractivity contribution in [3.63, 3.8) is 0 Å². The SMILES string of the molecule is O=S(=O)(Oc1ccc2c(n1)OCC2)C(F)(F)F. The van der Waals surface area contributed by atoms with Crippen molar-refractivity contribution in [3.8, 4) is 11.8 Å². The van der Waals surface area contributed by atoms with Gasteiger partial charge >= 0.3 is 15.6 Å². The third kappa shape index (κ3) is 2.28. The summed E-state index contributed by atoms with van der Waals surface area (Å²) in [6, 6.07) is 2.47. The molecule has 0 amide bonds. The van der Waals surface area contributed by atoms with E-state index < -0.39 is 21.5 Å². The van der Waals surface area contributed by atoms with E-state index in [0.717, 1.165) is 6.07 Å². The van der Waals surface area contributed by atoms with E-state index in [1.54, 1.807) is 0 Å². The van der Waals surface area contributed by atoms with Gasteiger partial charge in [-0.2, -0.15) is 26.6 Å². The van der Waals surface area contributed by atoms with Crippen LogP contribution in [-0.4, -0.2) is 25.5 Å². The highest BCUT2D eigenvalue weighted by Gasteiger charge is 2.48. The van der Waals surface area contributed by atoms with E-state index in [1.165, 1.54) is 6.07 Å². The standard InChI is InChI=1S/C8H6F3NO4S/c9-8(10,11)17(13,14)16-6-2-1-5-3-4-15-7(5)12-6/h1-2H,3-4H2. The number of hydrogen-bond donors (Lipinski definition) is 0. The summed E-state index contributed by atoms with van der Waals surface area (Å²) in [5, 5.41) is 0. The largest absolute Gasteiger partial charge is 0.534 e. The second kappa shape index (κ2) is 3.76. The summed E-state index contributed by atoms with van der Waals surface area (Å²) in [4.78, 5) is 3.53. The van der Waals surface area contributed by atoms with Crippen LogP contribution in [0.25, 0.3) is 0 Å². The first-order valence-electron chi connectivity index (χ1n) is 4.43. The quantitative estimate of drug-likeness (QED) is 0.597. The maximum atomic E-state index is 12.0. The van der Waals surface area contributed by atoms with Gasteiger partial charge < -0.3 is 8.92 Å². The van der Waals surface area contributed by atoms with Crippen LogP contribution in [0.5, 0.6) is 11.8 Å². The predicted molar refractivity (Wildman–Crippen MR) is 49.0 cm³/mol. The Morgan fingerprint density at radius 2 is 2.06 bits per heavy atom. The molecule has 5 nitrogen and oxygen atoms in total. The number of alkyl halides is 3. The second-order valence-electron chi connectivity index (χ2n) is 3.20. The van der Waals surface area contributed by atoms with Crippen LogP contribution in [0.2, 0.25) is 0 Å². The van der Waals surface area contributed by atoms with Gasteiger partial charge in [-0.15, -0.1) is 0 Å². The van der Waals surface area contributed by atoms with Gasteiger partial charge in [0.1, 0.15) is 0 Å². The average Bonchev–Trinajstić information content (AvgIpc) is 2.62. The molecule has 0 bridgehead atoms. The summed E-state index contributed by atoms with van der Waals surface area (Å²) in [6.07, 6.45) is 0.578. The molecule has 17 heavy (non-hydrogen) atoms. The molecule has 0 saturated carbocycles. The molecular formula is C8H6F3NO4S. The Morgan fingerprint density at radius 1 is 1.35 bits per heavy atom. The van der Waals surface area contributed by atoms with Crippen molar-refractivity contribution in [1.29, 1.82) is 0 Å². The van der Waals surface area contributed by atoms with Crippen molar-refractivity contribution in [2.75, 3.05) is 6.61 Å². The summed E-state index contributed by atoms with van der Waals surface area (Å²) >= 11 is 0. The smallest absolute Gasteiger partial charge is 0.477 e. The second-order valence-corrected chi connectivity index (χ2v) is 4.73. The topological polar surface area (TPSA) is 65.5 Å². The van der Waals surface area contributed by atoms with Crippen LogP contribution < -0.4 is 8.92 Å². The zero-order valence-electron chi connectivity index (χ0n) is 8.19. The van der Waals surface area contributed by atoms with Crippen molar-refractivity contribution in [3.05, 3.63) is 17.7 Å². The van der Waals surface area contributed by atoms with Crippen LogP contribution in [0.15, 0.2) is 12.1 Å². The fourth-order valence-electron chi connectivity index (χ4n) is 1.23. The third-order valence-electron chi connectivity index (χ3n) is 2.00. The minimum atomic E-state index is -5.69. The number of halogens is 3. The average molecular weight is 269 g/mol. The van der Waals surface area contributed by atoms with E-state index in [1.807, 2.05) is 0 Å². The lowest BCUT2D eigenvalue weighted by atomic mass is 10.2. The molecule has 0 atom stereocenters. The highest BCUT2D eigenvalue weighted by atomic mass is 32.2. The molecule has 0 fully saturated rings. The maximum Gasteiger partial charge on any atom is 0.534 e. The fraction of sp³-hybridized carbons (Fsp3) is 0.375. The lowest BCUT2D eigenvalue weighted by Gasteiger charge is -2.08. The zero-order chi connectivity index (χ0) is 12.7. The third-order valence-corrected chi connectivity index (χ3v) is 2.96. The molecule has 1 aromatic rings. The molecule has 0 radical (unpaired) electrons. The van der Waals surface area contributed by atoms with Crippen LogP contribution in [0, 0.1) is 0 Å². The number of nitrogens with zero attached hydrogens (tertiary/aromatic N) is 1. The fourth-order valence-corrected chi connectivity index (χ4v) is 1.64. The van der Waals surface area contributed by atoms with Crippen LogP contribution in [0.4, 0.5) is 13.2 Å². The van der Waals surface area contributed by atoms with E-state index in [4.69, 9.17) is 4.74 Å². The van der Waals surface area contributed by atoms with Gasteiger partial charge in [0.15, 0.2) is 0 Å². The van der Waals surface area contributed by atoms with Crippen molar-refractivity contribution in [2.45, 2.75) is 11.9 Å². The zero-order valence-corrected chi connectivity index (χ0v) is 9.01. The minimum Gasteiger partial charge on any atom is -0.477 e. The first-order chi connectivity index (χ1) is 7.79. The lowest BCUT2D eigenvalue weighted by Crippen LogP contribution is -2.28. The molecule has 2 heterocycles. The van der Waals surface area contributed by atoms with Gasteiger partial charge in [0.2, 0.25) is 11.8 Å². The van der Waals surface area contributed by atoms with Gasteiger partial charge in [-0.3, -0.25) is 0 Å². The Hall–Kier alpha value is -1.51. The normalized spacial score (nSPS) is 15.2. The van der Waals surface area contributed by atoms with Crippen LogP contribution in [-0.2, 0) is 16.5 Å². The molecule has 1 aliphatic rings. The molecule has 1 aromatic heterocycles. The van der Waals surface area contributed by atoms with Crippen molar-refractivity contribution in [1.82, 2.24) is 4.98 Å². The van der Waals surface area contributed by atoms with E-state index in [0.29, 0.717) is 18.6 Å². The summed E-state index contributed by atoms with van der Waals surface area (Å²) in [7, 11) is -5.69. The van der Waals surface area contributed by atoms with Gasteiger partial charge in [0, 0.05) is 18.1 Å². The molecule has 0 aliphatic carbocycles. The molecule has 0 spiro atoms. The number of ether oxygens (including phenoxy) is 1. The summed E-state index contributed by atoms with van der Waals surface area (Å²) in [6.45, 7) is 0.359. The van der Waals surface area contributed by atoms with E-state index in [-0.39, 0.29) is 5.88 Å². The molecule has 1 aliphatic heterocycles. The molecule has 0 saturated heterocycles. The van der Waals surface area contributed by atoms with Gasteiger partial charge in [-0.05, 0) is 6.07 Å². The Labute approximate surface area is 94.3 Å². The molecule has 9 heteroatoms. The van der Waals surface area contributed by atoms with E-state index >= 15 is 0 Å². The van der Waals surface area contributed by atoms with Crippen molar-refractivity contribution >= 4 is 10.1 Å². The van der Waals surface area contributed by atoms with Gasteiger partial charge in [0.05, 0.1) is 6.61 Å². The number of hydrogen-bond acceptors (Lipinski definition) is 5. The highest BCUT2D eigenvalue weighted by Crippen LogP contribution is 2.29. The predicted octanol–water partition coefficient (Wildman–Crippen LogP) is 1.24. The lowest BCUT2D eigenvalue weighted by molar-refractivity contribution is -0.0501. The number of fused-ring (bicyclic) bond motifs is 1. The van der Waals surface area contributed by atoms with E-state index in [9.17, 15) is 21.6 Å². The van der Waals surface area contributed by atoms with Crippen LogP contribution in [0.3, 0.4) is 0 Å². The Morgan fingerprint density at radius 3 is 2.71 bits per heavy atom. The summed E-state index contributed by atoms with van der Waals surface area (Å²) in [5.41, 5.74) is -4.78. The van der Waals surface area contributed by atoms with Crippen LogP contribution in [0.1, 0.15) is 5.56 Å². The number of rotatable bonds is 2. The summed E-state index contributed by atoms with van der Waals surface area (Å²) in [5.74, 6) is -0.567. The van der Waals surface area contributed by atoms with Gasteiger partial charge in [-0.1, -0.05) is 0 Å². The van der Waals surface area contributed by atoms with Crippen molar-refractivity contribution < 1.29 is 30.5 Å². The highest BCUT2D eigenvalue weighted by molar-refractivity contribution is 7.87. The van der Waals surface area contributed by atoms with Crippen molar-refractivity contribution in [2.24, 2.45) is 0 Å². The minimum absolute atomic E-state index is 0.0971. The maximum absolute atomic E-state index is 12.0. The molecule has 94 valence electrons. The van der Waals surface area contributed by atoms with E-state index in [2.05, 4.69) is 9.17 Å². The Kier molecular flexibility index (Phi) is 2.64. The summed E-state index contributed by atoms with van der Waals surface area (Å²) < 4.78 is 66.3. The Balaban J connectivity index is 2.26. The number of aromatic nitrogens is 1. The van der Waals surface area contributed by atoms with Gasteiger partial charge in [-0.25, -0.2) is 0 Å². The molecular weight excluding hydrogens is 263 g/mol.